The highest BCUT2D eigenvalue weighted by Crippen LogP contribution is 2.38. The average molecular weight is 318 g/mol. The van der Waals surface area contributed by atoms with Gasteiger partial charge < -0.3 is 20.9 Å². The summed E-state index contributed by atoms with van der Waals surface area (Å²) in [6.45, 7) is -0.0224. The number of nitrogens with one attached hydrogen (secondary N) is 1. The number of Topliss-reactive ketones (excluding diaryl/α,β-unsaturated/α-hetero) is 1. The number of hydrogen-bond acceptors (Lipinski definition) is 5. The zero-order valence-corrected chi connectivity index (χ0v) is 12.5. The van der Waals surface area contributed by atoms with Gasteiger partial charge in [-0.15, -0.1) is 0 Å². The Bertz CT molecular complexity index is 657. The molecule has 3 rings (SSSR count). The van der Waals surface area contributed by atoms with Crippen molar-refractivity contribution in [3.05, 3.63) is 29.8 Å². The zero-order chi connectivity index (χ0) is 16.6. The molecule has 2 fully saturated rings. The summed E-state index contributed by atoms with van der Waals surface area (Å²) in [6.07, 6.45) is 1.64. The Morgan fingerprint density at radius 2 is 2.04 bits per heavy atom. The van der Waals surface area contributed by atoms with Crippen molar-refractivity contribution in [1.29, 1.82) is 0 Å². The van der Waals surface area contributed by atoms with E-state index >= 15 is 0 Å². The van der Waals surface area contributed by atoms with Gasteiger partial charge in [0, 0.05) is 0 Å². The summed E-state index contributed by atoms with van der Waals surface area (Å²) in [4.78, 5) is 36.6. The van der Waals surface area contributed by atoms with E-state index in [-0.39, 0.29) is 24.2 Å². The van der Waals surface area contributed by atoms with Crippen molar-refractivity contribution >= 4 is 17.6 Å². The summed E-state index contributed by atoms with van der Waals surface area (Å²) < 4.78 is 5.44. The Hall–Kier alpha value is -2.41. The highest BCUT2D eigenvalue weighted by Gasteiger charge is 2.55. The molecule has 1 aromatic rings. The van der Waals surface area contributed by atoms with Crippen molar-refractivity contribution in [2.75, 3.05) is 6.61 Å². The first-order chi connectivity index (χ1) is 10.9. The molecular weight excluding hydrogens is 300 g/mol. The summed E-state index contributed by atoms with van der Waals surface area (Å²) in [7, 11) is 0. The topological polar surface area (TPSA) is 119 Å². The Morgan fingerprint density at radius 1 is 1.35 bits per heavy atom. The lowest BCUT2D eigenvalue weighted by Gasteiger charge is -2.29. The van der Waals surface area contributed by atoms with Gasteiger partial charge in [-0.3, -0.25) is 14.4 Å². The zero-order valence-electron chi connectivity index (χ0n) is 12.5. The molecule has 1 aliphatic carbocycles. The van der Waals surface area contributed by atoms with Crippen LogP contribution in [-0.4, -0.2) is 41.0 Å². The Balaban J connectivity index is 1.86. The molecule has 3 unspecified atom stereocenters. The van der Waals surface area contributed by atoms with E-state index in [0.717, 1.165) is 6.42 Å². The van der Waals surface area contributed by atoms with E-state index < -0.39 is 23.3 Å². The second-order valence-corrected chi connectivity index (χ2v) is 6.00. The second-order valence-electron chi connectivity index (χ2n) is 6.00. The third kappa shape index (κ3) is 2.57. The smallest absolute Gasteiger partial charge is 0.237 e. The van der Waals surface area contributed by atoms with Crippen molar-refractivity contribution in [2.45, 2.75) is 36.8 Å². The number of fused-ring (bicyclic) bond motifs is 1. The van der Waals surface area contributed by atoms with Crippen molar-refractivity contribution in [1.82, 2.24) is 5.32 Å². The molecule has 0 spiro atoms. The highest BCUT2D eigenvalue weighted by atomic mass is 16.5. The maximum Gasteiger partial charge on any atom is 0.237 e. The lowest BCUT2D eigenvalue weighted by molar-refractivity contribution is -0.134. The summed E-state index contributed by atoms with van der Waals surface area (Å²) in [5.74, 6) is -2.80. The number of carbonyl (C=O) groups excluding carboxylic acids is 3. The van der Waals surface area contributed by atoms with E-state index in [4.69, 9.17) is 10.5 Å². The number of carbonyl (C=O) groups is 3. The minimum Gasteiger partial charge on any atom is -0.508 e. The highest BCUT2D eigenvalue weighted by molar-refractivity contribution is 6.07. The standard InChI is InChI=1S/C16H18N2O5/c17-14(21)13(9-3-5-10(19)6-4-9)15(22)18-16-7-1-2-12(16)23-8-11(16)20/h3-6,12-13,19H,1-2,7-8H2,(H2,17,21)(H,18,22). The van der Waals surface area contributed by atoms with Crippen molar-refractivity contribution in [3.8, 4) is 5.75 Å². The van der Waals surface area contributed by atoms with Crippen molar-refractivity contribution in [2.24, 2.45) is 5.73 Å². The minimum absolute atomic E-state index is 0.0196. The summed E-state index contributed by atoms with van der Waals surface area (Å²) in [5.41, 5.74) is 4.70. The van der Waals surface area contributed by atoms with Crippen LogP contribution in [0.25, 0.3) is 0 Å². The van der Waals surface area contributed by atoms with Gasteiger partial charge >= 0.3 is 0 Å². The van der Waals surface area contributed by atoms with Gasteiger partial charge in [-0.25, -0.2) is 0 Å². The van der Waals surface area contributed by atoms with Gasteiger partial charge in [0.25, 0.3) is 0 Å². The number of rotatable bonds is 4. The Morgan fingerprint density at radius 3 is 2.70 bits per heavy atom. The largest absolute Gasteiger partial charge is 0.508 e. The molecule has 1 heterocycles. The summed E-state index contributed by atoms with van der Waals surface area (Å²) in [5, 5.41) is 12.0. The molecule has 1 aromatic carbocycles. The van der Waals surface area contributed by atoms with Crippen molar-refractivity contribution in [3.63, 3.8) is 0 Å². The fraction of sp³-hybridized carbons (Fsp3) is 0.438. The fourth-order valence-electron chi connectivity index (χ4n) is 3.44. The third-order valence-electron chi connectivity index (χ3n) is 4.62. The first-order valence-electron chi connectivity index (χ1n) is 7.49. The number of phenols is 1. The van der Waals surface area contributed by atoms with E-state index in [1.54, 1.807) is 0 Å². The summed E-state index contributed by atoms with van der Waals surface area (Å²) in [6, 6.07) is 5.67. The Labute approximate surface area is 132 Å². The number of phenolic OH excluding ortho intramolecular Hbond substituents is 1. The van der Waals surface area contributed by atoms with Crippen LogP contribution in [0, 0.1) is 0 Å². The monoisotopic (exact) mass is 318 g/mol. The predicted octanol–water partition coefficient (Wildman–Crippen LogP) is -0.0321. The Kier molecular flexibility index (Phi) is 3.81. The number of nitrogens with two attached hydrogens (primary N) is 1. The third-order valence-corrected chi connectivity index (χ3v) is 4.62. The molecule has 0 radical (unpaired) electrons. The van der Waals surface area contributed by atoms with Crippen LogP contribution in [0.15, 0.2) is 24.3 Å². The van der Waals surface area contributed by atoms with Gasteiger partial charge in [0.1, 0.15) is 23.8 Å². The van der Waals surface area contributed by atoms with E-state index in [1.165, 1.54) is 24.3 Å². The van der Waals surface area contributed by atoms with Crippen molar-refractivity contribution < 1.29 is 24.2 Å². The number of ketones is 1. The maximum absolute atomic E-state index is 12.6. The number of aromatic hydroxyl groups is 1. The molecule has 3 atom stereocenters. The molecule has 0 aromatic heterocycles. The van der Waals surface area contributed by atoms with Crippen LogP contribution in [0.2, 0.25) is 0 Å². The number of ether oxygens (including phenoxy) is 1. The van der Waals surface area contributed by atoms with Crippen LogP contribution in [0.3, 0.4) is 0 Å². The first-order valence-corrected chi connectivity index (χ1v) is 7.49. The van der Waals surface area contributed by atoms with Gasteiger partial charge in [0.2, 0.25) is 11.8 Å². The van der Waals surface area contributed by atoms with Gasteiger partial charge in [0.05, 0.1) is 6.10 Å². The SMILES string of the molecule is NC(=O)C(C(=O)NC12CCCC1OCC2=O)c1ccc(O)cc1. The first kappa shape index (κ1) is 15.5. The number of benzene rings is 1. The molecule has 4 N–H and O–H groups in total. The van der Waals surface area contributed by atoms with Crippen LogP contribution in [0.5, 0.6) is 5.75 Å². The van der Waals surface area contributed by atoms with Gasteiger partial charge in [0.15, 0.2) is 5.78 Å². The molecule has 1 saturated carbocycles. The van der Waals surface area contributed by atoms with Crippen LogP contribution in [0.1, 0.15) is 30.7 Å². The number of hydrogen-bond donors (Lipinski definition) is 3. The lowest BCUT2D eigenvalue weighted by Crippen LogP contribution is -2.57. The van der Waals surface area contributed by atoms with Gasteiger partial charge in [-0.2, -0.15) is 0 Å². The molecule has 1 aliphatic heterocycles. The molecule has 0 bridgehead atoms. The van der Waals surface area contributed by atoms with E-state index in [1.807, 2.05) is 0 Å². The molecule has 2 aliphatic rings. The molecule has 122 valence electrons. The number of primary amides is 1. The lowest BCUT2D eigenvalue weighted by atomic mass is 9.89. The fourth-order valence-corrected chi connectivity index (χ4v) is 3.44. The number of amides is 2. The van der Waals surface area contributed by atoms with Gasteiger partial charge in [-0.1, -0.05) is 12.1 Å². The predicted molar refractivity (Wildman–Crippen MR) is 79.5 cm³/mol. The quantitative estimate of drug-likeness (QED) is 0.674. The molecule has 7 heteroatoms. The molecular formula is C16H18N2O5. The summed E-state index contributed by atoms with van der Waals surface area (Å²) >= 11 is 0. The van der Waals surface area contributed by atoms with Crippen LogP contribution in [-0.2, 0) is 19.1 Å². The average Bonchev–Trinajstić information content (AvgIpc) is 3.02. The molecule has 7 nitrogen and oxygen atoms in total. The maximum atomic E-state index is 12.6. The van der Waals surface area contributed by atoms with Crippen LogP contribution in [0.4, 0.5) is 0 Å². The van der Waals surface area contributed by atoms with Crippen LogP contribution >= 0.6 is 0 Å². The van der Waals surface area contributed by atoms with E-state index in [2.05, 4.69) is 5.32 Å². The van der Waals surface area contributed by atoms with E-state index in [9.17, 15) is 19.5 Å². The molecule has 2 amide bonds. The molecule has 1 saturated heterocycles. The van der Waals surface area contributed by atoms with E-state index in [0.29, 0.717) is 18.4 Å². The van der Waals surface area contributed by atoms with Crippen LogP contribution < -0.4 is 11.1 Å². The minimum atomic E-state index is -1.22. The second kappa shape index (κ2) is 5.66. The normalized spacial score (nSPS) is 27.5. The van der Waals surface area contributed by atoms with Gasteiger partial charge in [-0.05, 0) is 37.0 Å². The molecule has 23 heavy (non-hydrogen) atoms.